The Morgan fingerprint density at radius 2 is 2.17 bits per heavy atom. The molecule has 1 rings (SSSR count). The lowest BCUT2D eigenvalue weighted by atomic mass is 10.3. The molecule has 1 aromatic heterocycles. The van der Waals surface area contributed by atoms with Gasteiger partial charge in [-0.05, 0) is 35.6 Å². The fourth-order valence-corrected chi connectivity index (χ4v) is 1.24. The van der Waals surface area contributed by atoms with Crippen LogP contribution in [0.2, 0.25) is 0 Å². The molecule has 0 spiro atoms. The van der Waals surface area contributed by atoms with E-state index in [0.717, 1.165) is 3.57 Å². The lowest BCUT2D eigenvalue weighted by Gasteiger charge is -2.05. The Morgan fingerprint density at radius 3 is 2.67 bits per heavy atom. The number of anilines is 1. The summed E-state index contributed by atoms with van der Waals surface area (Å²) in [5.41, 5.74) is 5.66. The molecule has 0 aliphatic rings. The molecular formula is C7H7F2IN2. The van der Waals surface area contributed by atoms with E-state index in [2.05, 4.69) is 4.98 Å². The molecular weight excluding hydrogens is 277 g/mol. The number of nitrogen functional groups attached to an aromatic ring is 1. The Labute approximate surface area is 82.3 Å². The highest BCUT2D eigenvalue weighted by Crippen LogP contribution is 2.25. The number of pyridine rings is 1. The summed E-state index contributed by atoms with van der Waals surface area (Å²) in [6, 6.07) is 1.50. The zero-order valence-electron chi connectivity index (χ0n) is 6.31. The first kappa shape index (κ1) is 9.63. The van der Waals surface area contributed by atoms with Gasteiger partial charge in [-0.15, -0.1) is 0 Å². The minimum absolute atomic E-state index is 0.0556. The molecule has 1 aromatic rings. The summed E-state index contributed by atoms with van der Waals surface area (Å²) in [6.45, 7) is 1.67. The van der Waals surface area contributed by atoms with Gasteiger partial charge in [0.15, 0.2) is 0 Å². The molecule has 0 bridgehead atoms. The highest BCUT2D eigenvalue weighted by molar-refractivity contribution is 14.1. The van der Waals surface area contributed by atoms with E-state index in [1.807, 2.05) is 22.6 Å². The molecule has 5 heteroatoms. The maximum atomic E-state index is 12.2. The van der Waals surface area contributed by atoms with Gasteiger partial charge in [-0.1, -0.05) is 0 Å². The zero-order chi connectivity index (χ0) is 9.30. The summed E-state index contributed by atoms with van der Waals surface area (Å²) in [5, 5.41) is 0. The van der Waals surface area contributed by atoms with Gasteiger partial charge in [0.05, 0.1) is 11.4 Å². The average molecular weight is 284 g/mol. The van der Waals surface area contributed by atoms with E-state index in [0.29, 0.717) is 5.69 Å². The van der Waals surface area contributed by atoms with Crippen LogP contribution in [0.4, 0.5) is 14.5 Å². The lowest BCUT2D eigenvalue weighted by molar-refractivity contribution is 0.147. The second kappa shape index (κ2) is 3.51. The molecule has 2 N–H and O–H groups in total. The van der Waals surface area contributed by atoms with Crippen molar-refractivity contribution in [2.75, 3.05) is 5.73 Å². The van der Waals surface area contributed by atoms with Crippen LogP contribution in [0.3, 0.4) is 0 Å². The van der Waals surface area contributed by atoms with Crippen molar-refractivity contribution in [1.29, 1.82) is 0 Å². The minimum Gasteiger partial charge on any atom is -0.397 e. The summed E-state index contributed by atoms with van der Waals surface area (Å²) >= 11 is 2.00. The predicted octanol–water partition coefficient (Wildman–Crippen LogP) is 2.51. The quantitative estimate of drug-likeness (QED) is 0.805. The number of rotatable bonds is 1. The van der Waals surface area contributed by atoms with Crippen LogP contribution in [0.5, 0.6) is 0 Å². The lowest BCUT2D eigenvalue weighted by Crippen LogP contribution is -2.01. The van der Waals surface area contributed by atoms with Crippen molar-refractivity contribution < 1.29 is 8.78 Å². The molecule has 0 unspecified atom stereocenters. The maximum absolute atomic E-state index is 12.2. The Morgan fingerprint density at radius 1 is 1.58 bits per heavy atom. The molecule has 0 radical (unpaired) electrons. The van der Waals surface area contributed by atoms with Crippen LogP contribution in [0.15, 0.2) is 6.07 Å². The normalized spacial score (nSPS) is 10.8. The Balaban J connectivity index is 3.23. The molecule has 0 aliphatic heterocycles. The average Bonchev–Trinajstić information content (AvgIpc) is 1.96. The topological polar surface area (TPSA) is 38.9 Å². The van der Waals surface area contributed by atoms with Crippen molar-refractivity contribution in [3.8, 4) is 0 Å². The Hall–Kier alpha value is -0.460. The first-order valence-electron chi connectivity index (χ1n) is 3.23. The molecule has 0 aromatic carbocycles. The van der Waals surface area contributed by atoms with E-state index < -0.39 is 6.43 Å². The van der Waals surface area contributed by atoms with E-state index in [1.165, 1.54) is 6.07 Å². The van der Waals surface area contributed by atoms with E-state index >= 15 is 0 Å². The Kier molecular flexibility index (Phi) is 2.81. The molecule has 1 heterocycles. The molecule has 12 heavy (non-hydrogen) atoms. The fraction of sp³-hybridized carbons (Fsp3) is 0.286. The van der Waals surface area contributed by atoms with Crippen LogP contribution in [-0.4, -0.2) is 4.98 Å². The second-order valence-electron chi connectivity index (χ2n) is 2.33. The van der Waals surface area contributed by atoms with Crippen molar-refractivity contribution in [3.63, 3.8) is 0 Å². The summed E-state index contributed by atoms with van der Waals surface area (Å²) in [6.07, 6.45) is -2.60. The Bertz CT molecular complexity index is 302. The van der Waals surface area contributed by atoms with Gasteiger partial charge in [0.1, 0.15) is 5.69 Å². The van der Waals surface area contributed by atoms with Gasteiger partial charge in [0.25, 0.3) is 6.43 Å². The van der Waals surface area contributed by atoms with Gasteiger partial charge < -0.3 is 5.73 Å². The number of aromatic nitrogens is 1. The van der Waals surface area contributed by atoms with Crippen LogP contribution >= 0.6 is 22.6 Å². The number of aryl methyl sites for hydroxylation is 1. The summed E-state index contributed by atoms with van der Waals surface area (Å²) in [7, 11) is 0. The first-order chi connectivity index (χ1) is 5.52. The summed E-state index contributed by atoms with van der Waals surface area (Å²) in [5.74, 6) is 0. The molecule has 2 nitrogen and oxygen atoms in total. The zero-order valence-corrected chi connectivity index (χ0v) is 8.47. The smallest absolute Gasteiger partial charge is 0.282 e. The molecule has 0 saturated carbocycles. The molecule has 0 atom stereocenters. The monoisotopic (exact) mass is 284 g/mol. The highest BCUT2D eigenvalue weighted by atomic mass is 127. The summed E-state index contributed by atoms with van der Waals surface area (Å²) in [4.78, 5) is 3.69. The number of nitrogens with zero attached hydrogens (tertiary/aromatic N) is 1. The van der Waals surface area contributed by atoms with Gasteiger partial charge in [0, 0.05) is 3.57 Å². The number of nitrogens with two attached hydrogens (primary N) is 1. The van der Waals surface area contributed by atoms with Crippen molar-refractivity contribution in [2.45, 2.75) is 13.3 Å². The van der Waals surface area contributed by atoms with E-state index in [4.69, 9.17) is 5.73 Å². The number of hydrogen-bond donors (Lipinski definition) is 1. The third-order valence-corrected chi connectivity index (χ3v) is 2.51. The fourth-order valence-electron chi connectivity index (χ4n) is 0.788. The standard InChI is InChI=1S/C7H7F2IN2/c1-3-4(10)2-5(11)6(12-3)7(8)9/h2,7H,11H2,1H3. The van der Waals surface area contributed by atoms with Crippen molar-refractivity contribution in [1.82, 2.24) is 4.98 Å². The van der Waals surface area contributed by atoms with Crippen LogP contribution < -0.4 is 5.73 Å². The molecule has 0 fully saturated rings. The SMILES string of the molecule is Cc1nc(C(F)F)c(N)cc1I. The maximum Gasteiger partial charge on any atom is 0.282 e. The van der Waals surface area contributed by atoms with Gasteiger partial charge in [-0.2, -0.15) is 0 Å². The largest absolute Gasteiger partial charge is 0.397 e. The number of alkyl halides is 2. The highest BCUT2D eigenvalue weighted by Gasteiger charge is 2.14. The first-order valence-corrected chi connectivity index (χ1v) is 4.31. The predicted molar refractivity (Wildman–Crippen MR) is 51.1 cm³/mol. The minimum atomic E-state index is -2.60. The molecule has 0 saturated heterocycles. The van der Waals surface area contributed by atoms with Gasteiger partial charge in [-0.25, -0.2) is 13.8 Å². The van der Waals surface area contributed by atoms with Crippen LogP contribution in [0.1, 0.15) is 17.8 Å². The third-order valence-electron chi connectivity index (χ3n) is 1.42. The van der Waals surface area contributed by atoms with Gasteiger partial charge in [-0.3, -0.25) is 0 Å². The van der Waals surface area contributed by atoms with E-state index in [9.17, 15) is 8.78 Å². The van der Waals surface area contributed by atoms with Crippen LogP contribution in [0, 0.1) is 10.5 Å². The van der Waals surface area contributed by atoms with Gasteiger partial charge >= 0.3 is 0 Å². The van der Waals surface area contributed by atoms with Crippen molar-refractivity contribution in [3.05, 3.63) is 21.0 Å². The second-order valence-corrected chi connectivity index (χ2v) is 3.49. The third kappa shape index (κ3) is 1.82. The van der Waals surface area contributed by atoms with E-state index in [1.54, 1.807) is 6.92 Å². The summed E-state index contributed by atoms with van der Waals surface area (Å²) < 4.78 is 25.2. The molecule has 0 amide bonds. The van der Waals surface area contributed by atoms with E-state index in [-0.39, 0.29) is 11.4 Å². The number of halogens is 3. The van der Waals surface area contributed by atoms with Crippen LogP contribution in [-0.2, 0) is 0 Å². The van der Waals surface area contributed by atoms with Crippen molar-refractivity contribution >= 4 is 28.3 Å². The molecule has 66 valence electrons. The molecule has 0 aliphatic carbocycles. The van der Waals surface area contributed by atoms with Crippen LogP contribution in [0.25, 0.3) is 0 Å². The van der Waals surface area contributed by atoms with Gasteiger partial charge in [0.2, 0.25) is 0 Å². The number of hydrogen-bond acceptors (Lipinski definition) is 2. The van der Waals surface area contributed by atoms with Crippen molar-refractivity contribution in [2.24, 2.45) is 0 Å².